The second kappa shape index (κ2) is 7.92. The molecule has 0 amide bonds. The van der Waals surface area contributed by atoms with Gasteiger partial charge in [-0.1, -0.05) is 44.5 Å². The van der Waals surface area contributed by atoms with Gasteiger partial charge in [-0.15, -0.1) is 0 Å². The predicted octanol–water partition coefficient (Wildman–Crippen LogP) is 3.07. The molecule has 0 fully saturated rings. The Hall–Kier alpha value is -0.910. The van der Waals surface area contributed by atoms with Gasteiger partial charge in [0.15, 0.2) is 0 Å². The van der Waals surface area contributed by atoms with Crippen LogP contribution in [0.15, 0.2) is 24.3 Å². The number of benzene rings is 1. The molecule has 0 bridgehead atoms. The van der Waals surface area contributed by atoms with E-state index < -0.39 is 17.0 Å². The molecule has 0 heterocycles. The second-order valence-electron chi connectivity index (χ2n) is 5.79. The van der Waals surface area contributed by atoms with Crippen LogP contribution in [0.5, 0.6) is 0 Å². The fourth-order valence-electron chi connectivity index (χ4n) is 1.71. The van der Waals surface area contributed by atoms with Crippen LogP contribution < -0.4 is 4.72 Å². The van der Waals surface area contributed by atoms with Crippen molar-refractivity contribution in [3.63, 3.8) is 0 Å². The maximum atomic E-state index is 12.2. The Morgan fingerprint density at radius 3 is 2.38 bits per heavy atom. The van der Waals surface area contributed by atoms with E-state index in [1.807, 2.05) is 32.9 Å². The van der Waals surface area contributed by atoms with Gasteiger partial charge in [0.2, 0.25) is 0 Å². The minimum absolute atomic E-state index is 0.302. The molecule has 0 saturated carbocycles. The molecule has 6 heteroatoms. The van der Waals surface area contributed by atoms with Gasteiger partial charge >= 0.3 is 5.97 Å². The summed E-state index contributed by atoms with van der Waals surface area (Å²) >= 11 is 5.82. The number of nitrogens with one attached hydrogen (secondary N) is 1. The predicted molar refractivity (Wildman–Crippen MR) is 86.3 cm³/mol. The monoisotopic (exact) mass is 331 g/mol. The number of halogens is 1. The van der Waals surface area contributed by atoms with Gasteiger partial charge in [-0.2, -0.15) is 0 Å². The number of esters is 1. The number of carbonyl (C=O) groups is 1. The lowest BCUT2D eigenvalue weighted by molar-refractivity contribution is -0.147. The summed E-state index contributed by atoms with van der Waals surface area (Å²) in [6, 6.07) is 6.52. The van der Waals surface area contributed by atoms with Gasteiger partial charge in [0.05, 0.1) is 23.3 Å². The molecule has 0 saturated heterocycles. The van der Waals surface area contributed by atoms with Gasteiger partial charge in [0.1, 0.15) is 6.04 Å². The van der Waals surface area contributed by atoms with E-state index in [4.69, 9.17) is 16.3 Å². The molecule has 0 aromatic heterocycles. The summed E-state index contributed by atoms with van der Waals surface area (Å²) in [7, 11) is -1.37. The molecule has 2 unspecified atom stereocenters. The number of hydrogen-bond donors (Lipinski definition) is 1. The smallest absolute Gasteiger partial charge is 0.324 e. The summed E-state index contributed by atoms with van der Waals surface area (Å²) in [5.74, 6) is -0.0714. The van der Waals surface area contributed by atoms with E-state index in [1.165, 1.54) is 0 Å². The van der Waals surface area contributed by atoms with E-state index in [2.05, 4.69) is 4.72 Å². The van der Waals surface area contributed by atoms with Crippen LogP contribution in [0.1, 0.15) is 33.3 Å². The van der Waals surface area contributed by atoms with Gasteiger partial charge < -0.3 is 4.74 Å². The first-order valence-corrected chi connectivity index (χ1v) is 8.49. The van der Waals surface area contributed by atoms with E-state index in [0.29, 0.717) is 17.4 Å². The zero-order valence-electron chi connectivity index (χ0n) is 12.8. The van der Waals surface area contributed by atoms with Gasteiger partial charge in [0.25, 0.3) is 0 Å². The van der Waals surface area contributed by atoms with Crippen molar-refractivity contribution in [2.24, 2.45) is 5.41 Å². The third-order valence-electron chi connectivity index (χ3n) is 2.85. The standard InChI is InChI=1S/C15H22ClNO3S/c1-5-20-14(18)13(15(2,3)4)17-21(19)10-11-6-8-12(16)9-7-11/h6-9,13,17H,5,10H2,1-4H3. The lowest BCUT2D eigenvalue weighted by Crippen LogP contribution is -2.48. The van der Waals surface area contributed by atoms with E-state index in [-0.39, 0.29) is 11.4 Å². The molecule has 1 N–H and O–H groups in total. The fourth-order valence-corrected chi connectivity index (χ4v) is 3.13. The molecule has 0 aliphatic rings. The largest absolute Gasteiger partial charge is 0.465 e. The first kappa shape index (κ1) is 18.1. The third-order valence-corrected chi connectivity index (χ3v) is 4.19. The van der Waals surface area contributed by atoms with E-state index in [9.17, 15) is 9.00 Å². The molecule has 0 radical (unpaired) electrons. The molecule has 4 nitrogen and oxygen atoms in total. The van der Waals surface area contributed by atoms with Crippen molar-refractivity contribution >= 4 is 28.6 Å². The van der Waals surface area contributed by atoms with Crippen LogP contribution >= 0.6 is 11.6 Å². The van der Waals surface area contributed by atoms with Gasteiger partial charge in [-0.05, 0) is 30.0 Å². The van der Waals surface area contributed by atoms with Crippen LogP contribution in [0.25, 0.3) is 0 Å². The van der Waals surface area contributed by atoms with Crippen LogP contribution in [0.2, 0.25) is 5.02 Å². The lowest BCUT2D eigenvalue weighted by Gasteiger charge is -2.29. The summed E-state index contributed by atoms with van der Waals surface area (Å²) in [6.45, 7) is 7.77. The first-order valence-electron chi connectivity index (χ1n) is 6.79. The molecule has 21 heavy (non-hydrogen) atoms. The summed E-state index contributed by atoms with van der Waals surface area (Å²) < 4.78 is 20.1. The molecule has 2 atom stereocenters. The molecule has 1 aromatic rings. The van der Waals surface area contributed by atoms with Gasteiger partial charge in [0, 0.05) is 5.02 Å². The quantitative estimate of drug-likeness (QED) is 0.815. The molecular formula is C15H22ClNO3S. The highest BCUT2D eigenvalue weighted by molar-refractivity contribution is 7.82. The van der Waals surface area contributed by atoms with Crippen molar-refractivity contribution in [1.29, 1.82) is 0 Å². The van der Waals surface area contributed by atoms with Crippen molar-refractivity contribution in [3.8, 4) is 0 Å². The molecule has 0 aliphatic heterocycles. The molecule has 118 valence electrons. The van der Waals surface area contributed by atoms with Crippen LogP contribution in [0.3, 0.4) is 0 Å². The molecule has 1 aromatic carbocycles. The summed E-state index contributed by atoms with van der Waals surface area (Å²) in [4.78, 5) is 12.0. The van der Waals surface area contributed by atoms with E-state index >= 15 is 0 Å². The number of rotatable bonds is 6. The Balaban J connectivity index is 2.72. The van der Waals surface area contributed by atoms with Crippen molar-refractivity contribution in [1.82, 2.24) is 4.72 Å². The zero-order valence-corrected chi connectivity index (χ0v) is 14.4. The van der Waals surface area contributed by atoms with E-state index in [1.54, 1.807) is 19.1 Å². The Labute approximate surface area is 133 Å². The van der Waals surface area contributed by atoms with Crippen LogP contribution in [-0.2, 0) is 26.3 Å². The van der Waals surface area contributed by atoms with Crippen LogP contribution in [-0.4, -0.2) is 22.8 Å². The minimum atomic E-state index is -1.37. The molecule has 0 spiro atoms. The van der Waals surface area contributed by atoms with Crippen molar-refractivity contribution < 1.29 is 13.7 Å². The molecular weight excluding hydrogens is 310 g/mol. The fraction of sp³-hybridized carbons (Fsp3) is 0.533. The van der Waals surface area contributed by atoms with Gasteiger partial charge in [-0.3, -0.25) is 4.79 Å². The topological polar surface area (TPSA) is 55.4 Å². The number of ether oxygens (including phenoxy) is 1. The normalized spacial score (nSPS) is 14.5. The average molecular weight is 332 g/mol. The summed E-state index contributed by atoms with van der Waals surface area (Å²) in [5.41, 5.74) is 0.504. The highest BCUT2D eigenvalue weighted by Gasteiger charge is 2.33. The highest BCUT2D eigenvalue weighted by atomic mass is 35.5. The van der Waals surface area contributed by atoms with Gasteiger partial charge in [-0.25, -0.2) is 8.93 Å². The maximum absolute atomic E-state index is 12.2. The van der Waals surface area contributed by atoms with Crippen LogP contribution in [0, 0.1) is 5.41 Å². The second-order valence-corrected chi connectivity index (χ2v) is 7.44. The lowest BCUT2D eigenvalue weighted by atomic mass is 9.87. The Kier molecular flexibility index (Phi) is 6.84. The van der Waals surface area contributed by atoms with Crippen LogP contribution in [0.4, 0.5) is 0 Å². The highest BCUT2D eigenvalue weighted by Crippen LogP contribution is 2.21. The molecule has 1 rings (SSSR count). The maximum Gasteiger partial charge on any atom is 0.324 e. The Bertz CT molecular complexity index is 497. The average Bonchev–Trinajstić information content (AvgIpc) is 2.37. The zero-order chi connectivity index (χ0) is 16.0. The van der Waals surface area contributed by atoms with E-state index in [0.717, 1.165) is 5.56 Å². The van der Waals surface area contributed by atoms with Crippen molar-refractivity contribution in [2.45, 2.75) is 39.5 Å². The number of hydrogen-bond acceptors (Lipinski definition) is 3. The summed E-state index contributed by atoms with van der Waals surface area (Å²) in [6.07, 6.45) is 0. The first-order chi connectivity index (χ1) is 9.74. The Morgan fingerprint density at radius 1 is 1.33 bits per heavy atom. The van der Waals surface area contributed by atoms with Crippen molar-refractivity contribution in [2.75, 3.05) is 6.61 Å². The minimum Gasteiger partial charge on any atom is -0.465 e. The van der Waals surface area contributed by atoms with Crippen molar-refractivity contribution in [3.05, 3.63) is 34.9 Å². The molecule has 0 aliphatic carbocycles. The SMILES string of the molecule is CCOC(=O)C(NS(=O)Cc1ccc(Cl)cc1)C(C)(C)C. The third kappa shape index (κ3) is 6.16. The Morgan fingerprint density at radius 2 is 1.90 bits per heavy atom. The summed E-state index contributed by atoms with van der Waals surface area (Å²) in [5, 5.41) is 0.636. The number of carbonyl (C=O) groups excluding carboxylic acids is 1.